The van der Waals surface area contributed by atoms with Crippen LogP contribution in [0.2, 0.25) is 0 Å². The molecule has 1 aromatic rings. The zero-order valence-corrected chi connectivity index (χ0v) is 12.3. The topological polar surface area (TPSA) is 15.3 Å². The summed E-state index contributed by atoms with van der Waals surface area (Å²) < 4.78 is 12.8. The summed E-state index contributed by atoms with van der Waals surface area (Å²) in [5.74, 6) is 1.17. The summed E-state index contributed by atoms with van der Waals surface area (Å²) in [5.41, 5.74) is 1.04. The smallest absolute Gasteiger partial charge is 0.169 e. The maximum absolute atomic E-state index is 12.8. The second-order valence-electron chi connectivity index (χ2n) is 5.64. The summed E-state index contributed by atoms with van der Waals surface area (Å²) in [6.07, 6.45) is 1.27. The van der Waals surface area contributed by atoms with Gasteiger partial charge < -0.3 is 10.2 Å². The molecular formula is C15H21FN2S. The molecule has 0 amide bonds. The Labute approximate surface area is 120 Å². The molecule has 0 spiro atoms. The van der Waals surface area contributed by atoms with Crippen LogP contribution in [0.3, 0.4) is 0 Å². The van der Waals surface area contributed by atoms with E-state index in [1.807, 2.05) is 0 Å². The molecule has 1 aromatic carbocycles. The van der Waals surface area contributed by atoms with E-state index in [9.17, 15) is 4.39 Å². The van der Waals surface area contributed by atoms with Crippen LogP contribution < -0.4 is 5.32 Å². The minimum atomic E-state index is -0.204. The standard InChI is InChI=1S/C15H21FN2S/c1-11-7-12(2)10-18(9-11)15(19)17-8-13-3-5-14(16)6-4-13/h3-6,11-12H,7-10H2,1-2H3,(H,17,19)/t11-,12-/m1/s1. The Balaban J connectivity index is 1.85. The maximum Gasteiger partial charge on any atom is 0.169 e. The first-order valence-corrected chi connectivity index (χ1v) is 7.22. The lowest BCUT2D eigenvalue weighted by Crippen LogP contribution is -2.47. The van der Waals surface area contributed by atoms with Crippen molar-refractivity contribution in [3.63, 3.8) is 0 Å². The van der Waals surface area contributed by atoms with Gasteiger partial charge in [-0.25, -0.2) is 4.39 Å². The van der Waals surface area contributed by atoms with Crippen molar-refractivity contribution in [2.45, 2.75) is 26.8 Å². The second kappa shape index (κ2) is 6.33. The Bertz CT molecular complexity index is 422. The monoisotopic (exact) mass is 280 g/mol. The van der Waals surface area contributed by atoms with E-state index in [-0.39, 0.29) is 5.82 Å². The van der Waals surface area contributed by atoms with Gasteiger partial charge >= 0.3 is 0 Å². The van der Waals surface area contributed by atoms with Crippen molar-refractivity contribution in [2.75, 3.05) is 13.1 Å². The molecular weight excluding hydrogens is 259 g/mol. The van der Waals surface area contributed by atoms with Crippen LogP contribution in [0.15, 0.2) is 24.3 Å². The number of hydrogen-bond donors (Lipinski definition) is 1. The number of nitrogens with one attached hydrogen (secondary N) is 1. The van der Waals surface area contributed by atoms with E-state index in [0.29, 0.717) is 18.4 Å². The van der Waals surface area contributed by atoms with E-state index < -0.39 is 0 Å². The molecule has 1 aliphatic rings. The molecule has 2 atom stereocenters. The van der Waals surface area contributed by atoms with Gasteiger partial charge in [0.15, 0.2) is 5.11 Å². The van der Waals surface area contributed by atoms with Crippen molar-refractivity contribution in [3.05, 3.63) is 35.6 Å². The lowest BCUT2D eigenvalue weighted by Gasteiger charge is -2.36. The normalized spacial score (nSPS) is 23.2. The molecule has 0 unspecified atom stereocenters. The molecule has 2 nitrogen and oxygen atoms in total. The number of benzene rings is 1. The van der Waals surface area contributed by atoms with Crippen LogP contribution in [0, 0.1) is 17.7 Å². The molecule has 0 bridgehead atoms. The summed E-state index contributed by atoms with van der Waals surface area (Å²) in [5, 5.41) is 4.07. The molecule has 0 aromatic heterocycles. The maximum atomic E-state index is 12.8. The molecule has 19 heavy (non-hydrogen) atoms. The second-order valence-corrected chi connectivity index (χ2v) is 6.02. The molecule has 1 saturated heterocycles. The van der Waals surface area contributed by atoms with Crippen LogP contribution in [-0.2, 0) is 6.54 Å². The third-order valence-corrected chi connectivity index (χ3v) is 3.92. The number of hydrogen-bond acceptors (Lipinski definition) is 1. The highest BCUT2D eigenvalue weighted by Gasteiger charge is 2.23. The number of halogens is 1. The Morgan fingerprint density at radius 2 is 1.84 bits per heavy atom. The van der Waals surface area contributed by atoms with Gasteiger partial charge in [0.25, 0.3) is 0 Å². The van der Waals surface area contributed by atoms with Crippen LogP contribution in [0.5, 0.6) is 0 Å². The van der Waals surface area contributed by atoms with Gasteiger partial charge in [-0.15, -0.1) is 0 Å². The molecule has 0 saturated carbocycles. The van der Waals surface area contributed by atoms with Crippen molar-refractivity contribution in [2.24, 2.45) is 11.8 Å². The number of nitrogens with zero attached hydrogens (tertiary/aromatic N) is 1. The Morgan fingerprint density at radius 3 is 2.42 bits per heavy atom. The van der Waals surface area contributed by atoms with Crippen molar-refractivity contribution >= 4 is 17.3 Å². The summed E-state index contributed by atoms with van der Waals surface area (Å²) >= 11 is 5.45. The number of thiocarbonyl (C=S) groups is 1. The molecule has 1 N–H and O–H groups in total. The molecule has 104 valence electrons. The van der Waals surface area contributed by atoms with E-state index in [2.05, 4.69) is 24.1 Å². The largest absolute Gasteiger partial charge is 0.358 e. The summed E-state index contributed by atoms with van der Waals surface area (Å²) in [6, 6.07) is 6.52. The number of rotatable bonds is 2. The minimum Gasteiger partial charge on any atom is -0.358 e. The van der Waals surface area contributed by atoms with E-state index in [1.54, 1.807) is 12.1 Å². The number of piperidine rings is 1. The highest BCUT2D eigenvalue weighted by atomic mass is 32.1. The van der Waals surface area contributed by atoms with Gasteiger partial charge in [-0.3, -0.25) is 0 Å². The predicted molar refractivity (Wildman–Crippen MR) is 80.4 cm³/mol. The first kappa shape index (κ1) is 14.3. The van der Waals surface area contributed by atoms with E-state index in [4.69, 9.17) is 12.2 Å². The Morgan fingerprint density at radius 1 is 1.26 bits per heavy atom. The first-order valence-electron chi connectivity index (χ1n) is 6.82. The highest BCUT2D eigenvalue weighted by Crippen LogP contribution is 2.20. The Hall–Kier alpha value is -1.16. The summed E-state index contributed by atoms with van der Waals surface area (Å²) in [7, 11) is 0. The van der Waals surface area contributed by atoms with Crippen LogP contribution in [-0.4, -0.2) is 23.1 Å². The van der Waals surface area contributed by atoms with Gasteiger partial charge in [0, 0.05) is 19.6 Å². The zero-order valence-electron chi connectivity index (χ0n) is 11.5. The van der Waals surface area contributed by atoms with Crippen molar-refractivity contribution in [1.82, 2.24) is 10.2 Å². The first-order chi connectivity index (χ1) is 9.04. The molecule has 1 aliphatic heterocycles. The van der Waals surface area contributed by atoms with Crippen LogP contribution in [0.4, 0.5) is 4.39 Å². The third-order valence-electron chi connectivity index (χ3n) is 3.51. The molecule has 1 fully saturated rings. The zero-order chi connectivity index (χ0) is 13.8. The fourth-order valence-corrected chi connectivity index (χ4v) is 2.94. The quantitative estimate of drug-likeness (QED) is 0.838. The Kier molecular flexibility index (Phi) is 4.75. The fraction of sp³-hybridized carbons (Fsp3) is 0.533. The molecule has 0 radical (unpaired) electrons. The number of likely N-dealkylation sites (tertiary alicyclic amines) is 1. The van der Waals surface area contributed by atoms with Gasteiger partial charge in [0.2, 0.25) is 0 Å². The van der Waals surface area contributed by atoms with E-state index in [0.717, 1.165) is 23.8 Å². The predicted octanol–water partition coefficient (Wildman–Crippen LogP) is 3.18. The van der Waals surface area contributed by atoms with Gasteiger partial charge in [-0.2, -0.15) is 0 Å². The van der Waals surface area contributed by atoms with Gasteiger partial charge in [0.1, 0.15) is 5.82 Å². The van der Waals surface area contributed by atoms with E-state index in [1.165, 1.54) is 18.6 Å². The SMILES string of the molecule is C[C@@H]1C[C@@H](C)CN(C(=S)NCc2ccc(F)cc2)C1. The van der Waals surface area contributed by atoms with Crippen LogP contribution in [0.25, 0.3) is 0 Å². The molecule has 4 heteroatoms. The summed E-state index contributed by atoms with van der Waals surface area (Å²) in [6.45, 7) is 7.24. The van der Waals surface area contributed by atoms with Crippen molar-refractivity contribution < 1.29 is 4.39 Å². The molecule has 1 heterocycles. The average Bonchev–Trinajstić information content (AvgIpc) is 2.36. The van der Waals surface area contributed by atoms with Gasteiger partial charge in [-0.1, -0.05) is 26.0 Å². The lowest BCUT2D eigenvalue weighted by molar-refractivity contribution is 0.212. The van der Waals surface area contributed by atoms with Crippen molar-refractivity contribution in [1.29, 1.82) is 0 Å². The van der Waals surface area contributed by atoms with E-state index >= 15 is 0 Å². The molecule has 0 aliphatic carbocycles. The average molecular weight is 280 g/mol. The fourth-order valence-electron chi connectivity index (χ4n) is 2.72. The van der Waals surface area contributed by atoms with Crippen molar-refractivity contribution in [3.8, 4) is 0 Å². The summed E-state index contributed by atoms with van der Waals surface area (Å²) in [4.78, 5) is 2.25. The van der Waals surface area contributed by atoms with Crippen LogP contribution >= 0.6 is 12.2 Å². The van der Waals surface area contributed by atoms with Gasteiger partial charge in [-0.05, 0) is 48.2 Å². The lowest BCUT2D eigenvalue weighted by atomic mass is 9.92. The third kappa shape index (κ3) is 4.16. The highest BCUT2D eigenvalue weighted by molar-refractivity contribution is 7.80. The van der Waals surface area contributed by atoms with Gasteiger partial charge in [0.05, 0.1) is 0 Å². The molecule has 2 rings (SSSR count). The minimum absolute atomic E-state index is 0.204. The van der Waals surface area contributed by atoms with Crippen LogP contribution in [0.1, 0.15) is 25.8 Å².